The van der Waals surface area contributed by atoms with Crippen LogP contribution in [0.2, 0.25) is 0 Å². The lowest BCUT2D eigenvalue weighted by Crippen LogP contribution is -2.54. The van der Waals surface area contributed by atoms with Gasteiger partial charge in [-0.1, -0.05) is 18.2 Å². The van der Waals surface area contributed by atoms with E-state index in [4.69, 9.17) is 4.42 Å². The Balaban J connectivity index is 1.48. The molecule has 6 nitrogen and oxygen atoms in total. The van der Waals surface area contributed by atoms with Gasteiger partial charge in [-0.25, -0.2) is 4.98 Å². The van der Waals surface area contributed by atoms with Gasteiger partial charge in [0.2, 0.25) is 5.91 Å². The Bertz CT molecular complexity index is 807. The minimum atomic E-state index is -0.344. The third-order valence-electron chi connectivity index (χ3n) is 5.76. The van der Waals surface area contributed by atoms with Gasteiger partial charge in [-0.2, -0.15) is 0 Å². The van der Waals surface area contributed by atoms with Crippen LogP contribution in [-0.2, 0) is 4.79 Å². The number of nitrogens with zero attached hydrogens (tertiary/aromatic N) is 3. The van der Waals surface area contributed by atoms with Gasteiger partial charge in [0.1, 0.15) is 5.76 Å². The molecule has 2 amide bonds. The molecule has 4 rings (SSSR count). The minimum Gasteiger partial charge on any atom is -0.448 e. The average molecular weight is 353 g/mol. The quantitative estimate of drug-likeness (QED) is 0.832. The number of rotatable bonds is 2. The van der Waals surface area contributed by atoms with E-state index >= 15 is 0 Å². The highest BCUT2D eigenvalue weighted by molar-refractivity contribution is 5.99. The van der Waals surface area contributed by atoms with Crippen LogP contribution in [0, 0.1) is 12.3 Å². The summed E-state index contributed by atoms with van der Waals surface area (Å²) in [5, 5.41) is 0. The van der Waals surface area contributed by atoms with E-state index in [2.05, 4.69) is 4.98 Å². The molecule has 3 heterocycles. The van der Waals surface area contributed by atoms with Crippen molar-refractivity contribution in [3.05, 3.63) is 48.2 Å². The van der Waals surface area contributed by atoms with Gasteiger partial charge in [-0.05, 0) is 44.7 Å². The van der Waals surface area contributed by atoms with Crippen LogP contribution in [0.1, 0.15) is 41.9 Å². The molecule has 0 atom stereocenters. The number of benzene rings is 1. The van der Waals surface area contributed by atoms with Crippen molar-refractivity contribution in [2.24, 2.45) is 5.41 Å². The Morgan fingerprint density at radius 1 is 1.12 bits per heavy atom. The van der Waals surface area contributed by atoms with Gasteiger partial charge >= 0.3 is 0 Å². The zero-order chi connectivity index (χ0) is 18.1. The van der Waals surface area contributed by atoms with Crippen LogP contribution in [0.5, 0.6) is 0 Å². The van der Waals surface area contributed by atoms with E-state index in [0.717, 1.165) is 25.1 Å². The second kappa shape index (κ2) is 6.59. The third kappa shape index (κ3) is 2.79. The number of amides is 2. The smallest absolute Gasteiger partial charge is 0.276 e. The Morgan fingerprint density at radius 3 is 2.50 bits per heavy atom. The first-order valence-corrected chi connectivity index (χ1v) is 9.17. The third-order valence-corrected chi connectivity index (χ3v) is 5.76. The molecular formula is C20H23N3O3. The molecular weight excluding hydrogens is 330 g/mol. The molecule has 0 N–H and O–H groups in total. The lowest BCUT2D eigenvalue weighted by Gasteiger charge is -2.46. The molecule has 1 spiro atoms. The van der Waals surface area contributed by atoms with Gasteiger partial charge in [-0.15, -0.1) is 0 Å². The molecule has 2 aliphatic rings. The summed E-state index contributed by atoms with van der Waals surface area (Å²) in [6.45, 7) is 3.68. The number of aryl methyl sites for hydroxylation is 1. The van der Waals surface area contributed by atoms with E-state index in [9.17, 15) is 9.59 Å². The number of oxazole rings is 1. The van der Waals surface area contributed by atoms with Crippen molar-refractivity contribution < 1.29 is 14.0 Å². The van der Waals surface area contributed by atoms with Crippen LogP contribution >= 0.6 is 0 Å². The number of para-hydroxylation sites is 1. The molecule has 0 bridgehead atoms. The van der Waals surface area contributed by atoms with Crippen molar-refractivity contribution in [1.82, 2.24) is 9.88 Å². The summed E-state index contributed by atoms with van der Waals surface area (Å²) in [7, 11) is 0. The molecule has 0 unspecified atom stereocenters. The predicted octanol–water partition coefficient (Wildman–Crippen LogP) is 3.03. The number of aromatic nitrogens is 1. The van der Waals surface area contributed by atoms with E-state index in [1.54, 1.807) is 11.8 Å². The number of carbonyl (C=O) groups excluding carboxylic acids is 2. The van der Waals surface area contributed by atoms with Crippen molar-refractivity contribution in [1.29, 1.82) is 0 Å². The number of hydrogen-bond donors (Lipinski definition) is 0. The Labute approximate surface area is 152 Å². The zero-order valence-electron chi connectivity index (χ0n) is 15.0. The lowest BCUT2D eigenvalue weighted by molar-refractivity contribution is -0.133. The highest BCUT2D eigenvalue weighted by Crippen LogP contribution is 2.42. The van der Waals surface area contributed by atoms with Crippen molar-refractivity contribution in [3.8, 4) is 0 Å². The van der Waals surface area contributed by atoms with Gasteiger partial charge in [0.15, 0.2) is 12.1 Å². The Hall–Kier alpha value is -2.63. The van der Waals surface area contributed by atoms with Crippen molar-refractivity contribution in [2.45, 2.75) is 32.6 Å². The summed E-state index contributed by atoms with van der Waals surface area (Å²) in [5.74, 6) is 0.647. The molecule has 2 saturated heterocycles. The lowest BCUT2D eigenvalue weighted by atomic mass is 9.71. The van der Waals surface area contributed by atoms with E-state index in [1.165, 1.54) is 6.39 Å². The highest BCUT2D eigenvalue weighted by Gasteiger charge is 2.46. The monoisotopic (exact) mass is 353 g/mol. The predicted molar refractivity (Wildman–Crippen MR) is 96.8 cm³/mol. The maximum Gasteiger partial charge on any atom is 0.276 e. The van der Waals surface area contributed by atoms with Gasteiger partial charge < -0.3 is 14.2 Å². The largest absolute Gasteiger partial charge is 0.448 e. The molecule has 1 aromatic heterocycles. The highest BCUT2D eigenvalue weighted by atomic mass is 16.3. The molecule has 6 heteroatoms. The van der Waals surface area contributed by atoms with E-state index < -0.39 is 0 Å². The molecule has 0 radical (unpaired) electrons. The standard InChI is InChI=1S/C20H23N3O3/c1-15-17(21-14-26-15)18(24)22-12-9-20(10-13-22)8-5-11-23(19(20)25)16-6-3-2-4-7-16/h2-4,6-7,14H,5,8-13H2,1H3. The summed E-state index contributed by atoms with van der Waals surface area (Å²) < 4.78 is 5.15. The summed E-state index contributed by atoms with van der Waals surface area (Å²) in [6.07, 6.45) is 4.61. The van der Waals surface area contributed by atoms with Gasteiger partial charge in [-0.3, -0.25) is 9.59 Å². The maximum atomic E-state index is 13.3. The van der Waals surface area contributed by atoms with E-state index in [-0.39, 0.29) is 17.2 Å². The van der Waals surface area contributed by atoms with Crippen LogP contribution in [0.25, 0.3) is 0 Å². The fourth-order valence-corrected chi connectivity index (χ4v) is 4.19. The summed E-state index contributed by atoms with van der Waals surface area (Å²) in [5.41, 5.74) is 0.999. The van der Waals surface area contributed by atoms with Crippen molar-refractivity contribution >= 4 is 17.5 Å². The summed E-state index contributed by atoms with van der Waals surface area (Å²) >= 11 is 0. The molecule has 136 valence electrons. The minimum absolute atomic E-state index is 0.103. The molecule has 1 aromatic carbocycles. The van der Waals surface area contributed by atoms with Crippen LogP contribution in [0.3, 0.4) is 0 Å². The fraction of sp³-hybridized carbons (Fsp3) is 0.450. The summed E-state index contributed by atoms with van der Waals surface area (Å²) in [4.78, 5) is 33.6. The second-order valence-corrected chi connectivity index (χ2v) is 7.23. The average Bonchev–Trinajstić information content (AvgIpc) is 3.11. The molecule has 2 aliphatic heterocycles. The van der Waals surface area contributed by atoms with Crippen molar-refractivity contribution in [2.75, 3.05) is 24.5 Å². The molecule has 0 saturated carbocycles. The first-order chi connectivity index (χ1) is 12.6. The van der Waals surface area contributed by atoms with Crippen LogP contribution in [-0.4, -0.2) is 41.3 Å². The van der Waals surface area contributed by atoms with Crippen LogP contribution < -0.4 is 4.90 Å². The van der Waals surface area contributed by atoms with E-state index in [0.29, 0.717) is 37.4 Å². The normalized spacial score (nSPS) is 19.8. The van der Waals surface area contributed by atoms with Gasteiger partial charge in [0, 0.05) is 25.3 Å². The van der Waals surface area contributed by atoms with Gasteiger partial charge in [0.25, 0.3) is 5.91 Å². The fourth-order valence-electron chi connectivity index (χ4n) is 4.19. The van der Waals surface area contributed by atoms with E-state index in [1.807, 2.05) is 35.2 Å². The second-order valence-electron chi connectivity index (χ2n) is 7.23. The SMILES string of the molecule is Cc1ocnc1C(=O)N1CCC2(CCCN(c3ccccc3)C2=O)CC1. The molecule has 0 aliphatic carbocycles. The number of hydrogen-bond acceptors (Lipinski definition) is 4. The van der Waals surface area contributed by atoms with Crippen LogP contribution in [0.4, 0.5) is 5.69 Å². The Morgan fingerprint density at radius 2 is 1.85 bits per heavy atom. The number of carbonyl (C=O) groups is 2. The molecule has 2 fully saturated rings. The topological polar surface area (TPSA) is 66.7 Å². The van der Waals surface area contributed by atoms with Crippen LogP contribution in [0.15, 0.2) is 41.1 Å². The van der Waals surface area contributed by atoms with Crippen molar-refractivity contribution in [3.63, 3.8) is 0 Å². The molecule has 26 heavy (non-hydrogen) atoms. The number of anilines is 1. The first-order valence-electron chi connectivity index (χ1n) is 9.17. The molecule has 2 aromatic rings. The Kier molecular flexibility index (Phi) is 4.26. The maximum absolute atomic E-state index is 13.3. The number of likely N-dealkylation sites (tertiary alicyclic amines) is 1. The first kappa shape index (κ1) is 16.8. The summed E-state index contributed by atoms with van der Waals surface area (Å²) in [6, 6.07) is 9.87. The zero-order valence-corrected chi connectivity index (χ0v) is 15.0. The van der Waals surface area contributed by atoms with Gasteiger partial charge in [0.05, 0.1) is 5.41 Å². The number of piperidine rings is 2.